The summed E-state index contributed by atoms with van der Waals surface area (Å²) in [6, 6.07) is 11.9. The lowest BCUT2D eigenvalue weighted by molar-refractivity contribution is -0.384. The molecule has 0 saturated carbocycles. The number of nitro benzene ring substituents is 1. The standard InChI is InChI=1S/C17H13ClFN5O2/c1-11-14(10-20-21-15-4-2-3-5-16(15)24(25)26)17(18)23(22-11)13-8-6-12(19)7-9-13/h2-10,21H,1H3/b20-10+. The van der Waals surface area contributed by atoms with Crippen molar-refractivity contribution in [2.45, 2.75) is 6.92 Å². The number of benzene rings is 2. The summed E-state index contributed by atoms with van der Waals surface area (Å²) >= 11 is 6.35. The van der Waals surface area contributed by atoms with Gasteiger partial charge in [-0.2, -0.15) is 10.2 Å². The second-order valence-electron chi connectivity index (χ2n) is 5.32. The van der Waals surface area contributed by atoms with E-state index in [1.54, 1.807) is 37.3 Å². The molecule has 0 atom stereocenters. The van der Waals surface area contributed by atoms with Crippen molar-refractivity contribution < 1.29 is 9.31 Å². The lowest BCUT2D eigenvalue weighted by atomic mass is 10.3. The molecule has 0 unspecified atom stereocenters. The van der Waals surface area contributed by atoms with Crippen molar-refractivity contribution in [2.24, 2.45) is 5.10 Å². The topological polar surface area (TPSA) is 85.3 Å². The first-order chi connectivity index (χ1) is 12.5. The minimum atomic E-state index is -0.497. The summed E-state index contributed by atoms with van der Waals surface area (Å²) < 4.78 is 14.5. The molecular formula is C17H13ClFN5O2. The van der Waals surface area contributed by atoms with Crippen LogP contribution in [0, 0.1) is 22.9 Å². The van der Waals surface area contributed by atoms with Gasteiger partial charge >= 0.3 is 0 Å². The first-order valence-electron chi connectivity index (χ1n) is 7.51. The molecule has 132 valence electrons. The van der Waals surface area contributed by atoms with Crippen molar-refractivity contribution in [1.29, 1.82) is 0 Å². The number of nitrogens with one attached hydrogen (secondary N) is 1. The van der Waals surface area contributed by atoms with Crippen LogP contribution in [0.15, 0.2) is 53.6 Å². The fourth-order valence-electron chi connectivity index (χ4n) is 2.30. The smallest absolute Gasteiger partial charge is 0.272 e. The molecule has 7 nitrogen and oxygen atoms in total. The molecule has 0 radical (unpaired) electrons. The quantitative estimate of drug-likeness (QED) is 0.410. The number of para-hydroxylation sites is 2. The molecule has 0 aliphatic rings. The lowest BCUT2D eigenvalue weighted by Crippen LogP contribution is -1.97. The third-order valence-electron chi connectivity index (χ3n) is 3.60. The molecule has 0 spiro atoms. The summed E-state index contributed by atoms with van der Waals surface area (Å²) in [5.74, 6) is -0.357. The van der Waals surface area contributed by atoms with E-state index in [0.717, 1.165) is 0 Å². The average Bonchev–Trinajstić information content (AvgIpc) is 2.91. The highest BCUT2D eigenvalue weighted by Crippen LogP contribution is 2.24. The van der Waals surface area contributed by atoms with Gasteiger partial charge in [0.05, 0.1) is 28.1 Å². The van der Waals surface area contributed by atoms with E-state index in [2.05, 4.69) is 15.6 Å². The third-order valence-corrected chi connectivity index (χ3v) is 3.96. The molecule has 0 bridgehead atoms. The number of aryl methyl sites for hydroxylation is 1. The zero-order chi connectivity index (χ0) is 18.7. The largest absolute Gasteiger partial charge is 0.294 e. The van der Waals surface area contributed by atoms with Crippen molar-refractivity contribution in [3.8, 4) is 5.69 Å². The number of hydrazone groups is 1. The van der Waals surface area contributed by atoms with Crippen LogP contribution in [0.25, 0.3) is 5.69 Å². The fraction of sp³-hybridized carbons (Fsp3) is 0.0588. The number of aromatic nitrogens is 2. The van der Waals surface area contributed by atoms with Crippen LogP contribution in [0.3, 0.4) is 0 Å². The van der Waals surface area contributed by atoms with Gasteiger partial charge in [0.25, 0.3) is 5.69 Å². The highest BCUT2D eigenvalue weighted by molar-refractivity contribution is 6.32. The van der Waals surface area contributed by atoms with Crippen LogP contribution in [0.5, 0.6) is 0 Å². The fourth-order valence-corrected chi connectivity index (χ4v) is 2.63. The van der Waals surface area contributed by atoms with Crippen molar-refractivity contribution >= 4 is 29.2 Å². The van der Waals surface area contributed by atoms with Crippen molar-refractivity contribution in [2.75, 3.05) is 5.43 Å². The van der Waals surface area contributed by atoms with Gasteiger partial charge in [0.1, 0.15) is 16.7 Å². The lowest BCUT2D eigenvalue weighted by Gasteiger charge is -2.03. The summed E-state index contributed by atoms with van der Waals surface area (Å²) in [6.07, 6.45) is 1.43. The Hall–Kier alpha value is -3.26. The maximum absolute atomic E-state index is 13.1. The van der Waals surface area contributed by atoms with Gasteiger partial charge in [0.2, 0.25) is 0 Å². The van der Waals surface area contributed by atoms with Crippen molar-refractivity contribution in [3.05, 3.63) is 80.9 Å². The van der Waals surface area contributed by atoms with E-state index in [9.17, 15) is 14.5 Å². The van der Waals surface area contributed by atoms with E-state index >= 15 is 0 Å². The van der Waals surface area contributed by atoms with Crippen LogP contribution < -0.4 is 5.43 Å². The van der Waals surface area contributed by atoms with Gasteiger partial charge in [-0.25, -0.2) is 9.07 Å². The molecule has 3 rings (SSSR count). The number of nitrogens with zero attached hydrogens (tertiary/aromatic N) is 4. The Labute approximate surface area is 152 Å². The number of nitro groups is 1. The Morgan fingerprint density at radius 2 is 1.96 bits per heavy atom. The van der Waals surface area contributed by atoms with Gasteiger partial charge in [0.15, 0.2) is 0 Å². The van der Waals surface area contributed by atoms with Crippen LogP contribution in [0.4, 0.5) is 15.8 Å². The summed E-state index contributed by atoms with van der Waals surface area (Å²) in [7, 11) is 0. The molecular weight excluding hydrogens is 361 g/mol. The summed E-state index contributed by atoms with van der Waals surface area (Å²) in [4.78, 5) is 10.5. The molecule has 1 aromatic heterocycles. The second kappa shape index (κ2) is 7.32. The third kappa shape index (κ3) is 3.55. The van der Waals surface area contributed by atoms with Crippen LogP contribution in [-0.2, 0) is 0 Å². The zero-order valence-corrected chi connectivity index (χ0v) is 14.3. The predicted octanol–water partition coefficient (Wildman–Crippen LogP) is 4.33. The van der Waals surface area contributed by atoms with E-state index < -0.39 is 4.92 Å². The van der Waals surface area contributed by atoms with Gasteiger partial charge in [-0.3, -0.25) is 15.5 Å². The van der Waals surface area contributed by atoms with E-state index in [1.165, 1.54) is 29.1 Å². The highest BCUT2D eigenvalue weighted by atomic mass is 35.5. The number of rotatable bonds is 5. The maximum atomic E-state index is 13.1. The van der Waals surface area contributed by atoms with Crippen molar-refractivity contribution in [1.82, 2.24) is 9.78 Å². The minimum Gasteiger partial charge on any atom is -0.272 e. The maximum Gasteiger partial charge on any atom is 0.294 e. The molecule has 9 heteroatoms. The SMILES string of the molecule is Cc1nn(-c2ccc(F)cc2)c(Cl)c1/C=N/Nc1ccccc1[N+](=O)[O-]. The molecule has 0 saturated heterocycles. The Bertz CT molecular complexity index is 985. The van der Waals surface area contributed by atoms with Gasteiger partial charge in [0, 0.05) is 6.07 Å². The van der Waals surface area contributed by atoms with Crippen LogP contribution in [0.1, 0.15) is 11.3 Å². The molecule has 0 amide bonds. The monoisotopic (exact) mass is 373 g/mol. The van der Waals surface area contributed by atoms with Crippen molar-refractivity contribution in [3.63, 3.8) is 0 Å². The average molecular weight is 374 g/mol. The molecule has 3 aromatic rings. The Balaban J connectivity index is 1.86. The Morgan fingerprint density at radius 1 is 1.27 bits per heavy atom. The Morgan fingerprint density at radius 3 is 2.65 bits per heavy atom. The first-order valence-corrected chi connectivity index (χ1v) is 7.88. The Kier molecular flexibility index (Phi) is 4.94. The molecule has 0 fully saturated rings. The van der Waals surface area contributed by atoms with Crippen LogP contribution >= 0.6 is 11.6 Å². The van der Waals surface area contributed by atoms with Gasteiger partial charge in [-0.1, -0.05) is 23.7 Å². The van der Waals surface area contributed by atoms with E-state index in [1.807, 2.05) is 0 Å². The summed E-state index contributed by atoms with van der Waals surface area (Å²) in [5.41, 5.74) is 4.56. The molecule has 0 aliphatic carbocycles. The number of anilines is 1. The molecule has 1 heterocycles. The molecule has 2 aromatic carbocycles. The number of hydrogen-bond donors (Lipinski definition) is 1. The minimum absolute atomic E-state index is 0.0884. The molecule has 26 heavy (non-hydrogen) atoms. The molecule has 0 aliphatic heterocycles. The van der Waals surface area contributed by atoms with Crippen LogP contribution in [-0.4, -0.2) is 20.9 Å². The highest BCUT2D eigenvalue weighted by Gasteiger charge is 2.14. The number of halogens is 2. The first kappa shape index (κ1) is 17.6. The summed E-state index contributed by atoms with van der Waals surface area (Å²) in [6.45, 7) is 1.75. The predicted molar refractivity (Wildman–Crippen MR) is 97.6 cm³/mol. The van der Waals surface area contributed by atoms with E-state index in [0.29, 0.717) is 22.1 Å². The van der Waals surface area contributed by atoms with Gasteiger partial charge in [-0.05, 0) is 37.3 Å². The van der Waals surface area contributed by atoms with E-state index in [-0.39, 0.29) is 17.2 Å². The van der Waals surface area contributed by atoms with E-state index in [4.69, 9.17) is 11.6 Å². The molecule has 1 N–H and O–H groups in total. The van der Waals surface area contributed by atoms with Crippen LogP contribution in [0.2, 0.25) is 5.15 Å². The van der Waals surface area contributed by atoms with Gasteiger partial charge < -0.3 is 0 Å². The van der Waals surface area contributed by atoms with Gasteiger partial charge in [-0.15, -0.1) is 0 Å². The summed E-state index contributed by atoms with van der Waals surface area (Å²) in [5, 5.41) is 19.6. The second-order valence-corrected chi connectivity index (χ2v) is 5.68. The number of hydrogen-bond acceptors (Lipinski definition) is 5. The normalized spacial score (nSPS) is 11.0. The zero-order valence-electron chi connectivity index (χ0n) is 13.6.